The second-order valence-electron chi connectivity index (χ2n) is 8.71. The van der Waals surface area contributed by atoms with E-state index in [0.717, 1.165) is 12.0 Å². The molecule has 0 amide bonds. The van der Waals surface area contributed by atoms with Crippen LogP contribution in [0.2, 0.25) is 0 Å². The first-order chi connectivity index (χ1) is 13.4. The molecule has 0 spiro atoms. The molecular weight excluding hydrogens is 360 g/mol. The summed E-state index contributed by atoms with van der Waals surface area (Å²) in [6.45, 7) is 11.0. The average Bonchev–Trinajstić information content (AvgIpc) is 2.70. The predicted molar refractivity (Wildman–Crippen MR) is 122 cm³/mol. The Labute approximate surface area is 174 Å². The molecule has 0 N–H and O–H groups in total. The topological polar surface area (TPSA) is 17.1 Å². The summed E-state index contributed by atoms with van der Waals surface area (Å²) in [5.41, 5.74) is 2.46. The van der Waals surface area contributed by atoms with Crippen LogP contribution >= 0.6 is 11.8 Å². The van der Waals surface area contributed by atoms with Crippen molar-refractivity contribution in [2.24, 2.45) is 11.8 Å². The summed E-state index contributed by atoms with van der Waals surface area (Å²) in [4.78, 5) is 13.3. The van der Waals surface area contributed by atoms with Crippen LogP contribution in [-0.2, 0) is 10.2 Å². The van der Waals surface area contributed by atoms with E-state index in [9.17, 15) is 4.79 Å². The van der Waals surface area contributed by atoms with Gasteiger partial charge in [-0.25, -0.2) is 0 Å². The summed E-state index contributed by atoms with van der Waals surface area (Å²) in [5.74, 6) is 0.928. The molecule has 4 atom stereocenters. The monoisotopic (exact) mass is 392 g/mol. The first-order valence-corrected chi connectivity index (χ1v) is 11.2. The van der Waals surface area contributed by atoms with Gasteiger partial charge < -0.3 is 0 Å². The third-order valence-electron chi connectivity index (χ3n) is 6.41. The Hall–Kier alpha value is -1.80. The highest BCUT2D eigenvalue weighted by molar-refractivity contribution is 8.14. The SMILES string of the molecule is C=C[C@H](C(=O)S[C@@H]1C[C@H](C)CC[C@H]1C(C)(C)c1ccccc1)c1ccccc1. The van der Waals surface area contributed by atoms with Gasteiger partial charge in [0.25, 0.3) is 0 Å². The van der Waals surface area contributed by atoms with Crippen molar-refractivity contribution in [1.82, 2.24) is 0 Å². The first-order valence-electron chi connectivity index (χ1n) is 10.4. The fourth-order valence-corrected chi connectivity index (χ4v) is 6.36. The zero-order valence-electron chi connectivity index (χ0n) is 17.3. The number of benzene rings is 2. The highest BCUT2D eigenvalue weighted by Crippen LogP contribution is 2.47. The normalized spacial score (nSPS) is 23.8. The van der Waals surface area contributed by atoms with Crippen LogP contribution in [0.4, 0.5) is 0 Å². The van der Waals surface area contributed by atoms with Crippen LogP contribution in [0.15, 0.2) is 73.3 Å². The highest BCUT2D eigenvalue weighted by Gasteiger charge is 2.41. The lowest BCUT2D eigenvalue weighted by atomic mass is 9.65. The number of carbonyl (C=O) groups is 1. The molecule has 28 heavy (non-hydrogen) atoms. The Morgan fingerprint density at radius 3 is 2.29 bits per heavy atom. The maximum Gasteiger partial charge on any atom is 0.200 e. The Balaban J connectivity index is 1.82. The van der Waals surface area contributed by atoms with Crippen molar-refractivity contribution in [1.29, 1.82) is 0 Å². The molecule has 2 aromatic rings. The third kappa shape index (κ3) is 4.60. The molecule has 1 fully saturated rings. The van der Waals surface area contributed by atoms with Gasteiger partial charge in [0.15, 0.2) is 5.12 Å². The summed E-state index contributed by atoms with van der Waals surface area (Å²) >= 11 is 1.57. The number of allylic oxidation sites excluding steroid dienone is 1. The Bertz CT molecular complexity index is 781. The molecule has 2 heteroatoms. The molecule has 3 rings (SSSR count). The molecule has 0 heterocycles. The summed E-state index contributed by atoms with van der Waals surface area (Å²) in [7, 11) is 0. The quantitative estimate of drug-likeness (QED) is 0.492. The summed E-state index contributed by atoms with van der Waals surface area (Å²) < 4.78 is 0. The molecule has 148 valence electrons. The molecule has 0 bridgehead atoms. The van der Waals surface area contributed by atoms with Crippen LogP contribution in [0.3, 0.4) is 0 Å². The number of carbonyl (C=O) groups excluding carboxylic acids is 1. The van der Waals surface area contributed by atoms with Crippen molar-refractivity contribution in [2.75, 3.05) is 0 Å². The second-order valence-corrected chi connectivity index (χ2v) is 9.96. The van der Waals surface area contributed by atoms with Crippen LogP contribution in [0.25, 0.3) is 0 Å². The fraction of sp³-hybridized carbons (Fsp3) is 0.423. The maximum atomic E-state index is 13.3. The van der Waals surface area contributed by atoms with Crippen LogP contribution in [0.5, 0.6) is 0 Å². The predicted octanol–water partition coefficient (Wildman–Crippen LogP) is 7.00. The second kappa shape index (κ2) is 9.13. The average molecular weight is 393 g/mol. The van der Waals surface area contributed by atoms with Gasteiger partial charge in [-0.05, 0) is 41.2 Å². The lowest BCUT2D eigenvalue weighted by molar-refractivity contribution is -0.111. The number of thioether (sulfide) groups is 1. The van der Waals surface area contributed by atoms with E-state index in [1.54, 1.807) is 17.8 Å². The molecule has 0 aromatic heterocycles. The smallest absolute Gasteiger partial charge is 0.200 e. The van der Waals surface area contributed by atoms with Crippen molar-refractivity contribution in [3.63, 3.8) is 0 Å². The Morgan fingerprint density at radius 2 is 1.68 bits per heavy atom. The number of rotatable bonds is 6. The van der Waals surface area contributed by atoms with E-state index in [4.69, 9.17) is 0 Å². The molecule has 1 nitrogen and oxygen atoms in total. The first kappa shape index (κ1) is 20.9. The molecule has 0 saturated heterocycles. The lowest BCUT2D eigenvalue weighted by Gasteiger charge is -2.44. The molecule has 1 saturated carbocycles. The zero-order chi connectivity index (χ0) is 20.1. The number of hydrogen-bond acceptors (Lipinski definition) is 2. The van der Waals surface area contributed by atoms with Gasteiger partial charge in [-0.15, -0.1) is 6.58 Å². The minimum atomic E-state index is -0.232. The minimum Gasteiger partial charge on any atom is -0.286 e. The van der Waals surface area contributed by atoms with Crippen LogP contribution in [-0.4, -0.2) is 10.4 Å². The van der Waals surface area contributed by atoms with Crippen LogP contribution in [0, 0.1) is 11.8 Å². The van der Waals surface area contributed by atoms with Gasteiger partial charge in [-0.2, -0.15) is 0 Å². The lowest BCUT2D eigenvalue weighted by Crippen LogP contribution is -2.40. The molecule has 0 radical (unpaired) electrons. The summed E-state index contributed by atoms with van der Waals surface area (Å²) in [5, 5.41) is 0.576. The third-order valence-corrected chi connectivity index (χ3v) is 7.72. The molecule has 1 aliphatic carbocycles. The maximum absolute atomic E-state index is 13.3. The molecule has 2 aromatic carbocycles. The van der Waals surface area contributed by atoms with Crippen molar-refractivity contribution >= 4 is 16.9 Å². The zero-order valence-corrected chi connectivity index (χ0v) is 18.1. The van der Waals surface area contributed by atoms with E-state index in [0.29, 0.717) is 17.1 Å². The van der Waals surface area contributed by atoms with Gasteiger partial charge in [0, 0.05) is 5.25 Å². The Kier molecular flexibility index (Phi) is 6.82. The van der Waals surface area contributed by atoms with Crippen LogP contribution < -0.4 is 0 Å². The van der Waals surface area contributed by atoms with Crippen molar-refractivity contribution in [2.45, 2.75) is 56.6 Å². The van der Waals surface area contributed by atoms with Gasteiger partial charge in [0.05, 0.1) is 5.92 Å². The van der Waals surface area contributed by atoms with E-state index in [-0.39, 0.29) is 16.4 Å². The summed E-state index contributed by atoms with van der Waals surface area (Å²) in [6, 6.07) is 20.8. The molecule has 0 unspecified atom stereocenters. The molecule has 1 aliphatic rings. The van der Waals surface area contributed by atoms with E-state index in [1.165, 1.54) is 18.4 Å². The van der Waals surface area contributed by atoms with Crippen LogP contribution in [0.1, 0.15) is 57.1 Å². The van der Waals surface area contributed by atoms with E-state index >= 15 is 0 Å². The largest absolute Gasteiger partial charge is 0.286 e. The van der Waals surface area contributed by atoms with Gasteiger partial charge in [0.2, 0.25) is 0 Å². The van der Waals surface area contributed by atoms with E-state index in [1.807, 2.05) is 30.3 Å². The van der Waals surface area contributed by atoms with Gasteiger partial charge >= 0.3 is 0 Å². The van der Waals surface area contributed by atoms with Crippen molar-refractivity contribution < 1.29 is 4.79 Å². The molecule has 0 aliphatic heterocycles. The van der Waals surface area contributed by atoms with Gasteiger partial charge in [-0.3, -0.25) is 4.79 Å². The number of hydrogen-bond donors (Lipinski definition) is 0. The van der Waals surface area contributed by atoms with Crippen molar-refractivity contribution in [3.05, 3.63) is 84.4 Å². The Morgan fingerprint density at radius 1 is 1.07 bits per heavy atom. The highest BCUT2D eigenvalue weighted by atomic mass is 32.2. The standard InChI is InChI=1S/C26H32OS/c1-5-22(20-12-8-6-9-13-20)25(27)28-24-18-19(2)16-17-23(24)26(3,4)21-14-10-7-11-15-21/h5-15,19,22-24H,1,16-18H2,2-4H3/t19-,22+,23-,24-/m1/s1. The van der Waals surface area contributed by atoms with Gasteiger partial charge in [-0.1, -0.05) is 106 Å². The van der Waals surface area contributed by atoms with E-state index in [2.05, 4.69) is 57.7 Å². The molecular formula is C26H32OS. The minimum absolute atomic E-state index is 0.0514. The fourth-order valence-electron chi connectivity index (χ4n) is 4.62. The van der Waals surface area contributed by atoms with E-state index < -0.39 is 0 Å². The van der Waals surface area contributed by atoms with Gasteiger partial charge in [0.1, 0.15) is 0 Å². The van der Waals surface area contributed by atoms with Crippen molar-refractivity contribution in [3.8, 4) is 0 Å². The summed E-state index contributed by atoms with van der Waals surface area (Å²) in [6.07, 6.45) is 5.33.